The molecule has 0 bridgehead atoms. The number of rotatable bonds is 4. The number of hydrogen-bond donors (Lipinski definition) is 1. The molecule has 96 valence electrons. The molecule has 0 radical (unpaired) electrons. The fraction of sp³-hybridized carbons (Fsp3) is 0.833. The molecular formula is C12H22N4O. The van der Waals surface area contributed by atoms with E-state index in [9.17, 15) is 0 Å². The lowest BCUT2D eigenvalue weighted by molar-refractivity contribution is 0.216. The van der Waals surface area contributed by atoms with Crippen molar-refractivity contribution >= 4 is 6.01 Å². The van der Waals surface area contributed by atoms with Crippen molar-refractivity contribution in [3.63, 3.8) is 0 Å². The minimum absolute atomic E-state index is 0.315. The van der Waals surface area contributed by atoms with Gasteiger partial charge in [-0.25, -0.2) is 0 Å². The Morgan fingerprint density at radius 3 is 3.00 bits per heavy atom. The standard InChI is InChI=1S/C12H22N4O/c1-9(2)11-14-12(17-15-11)13-7-10-5-4-6-16(3)8-10/h9-10H,4-8H2,1-3H3,(H,13,14,15). The molecule has 1 aromatic rings. The van der Waals surface area contributed by atoms with Crippen LogP contribution in [-0.2, 0) is 0 Å². The Labute approximate surface area is 103 Å². The van der Waals surface area contributed by atoms with Crippen molar-refractivity contribution in [2.45, 2.75) is 32.6 Å². The molecule has 1 saturated heterocycles. The maximum Gasteiger partial charge on any atom is 0.321 e. The van der Waals surface area contributed by atoms with Crippen molar-refractivity contribution in [1.29, 1.82) is 0 Å². The van der Waals surface area contributed by atoms with Gasteiger partial charge >= 0.3 is 6.01 Å². The summed E-state index contributed by atoms with van der Waals surface area (Å²) in [6, 6.07) is 0.557. The Hall–Kier alpha value is -1.10. The van der Waals surface area contributed by atoms with Crippen LogP contribution in [0.3, 0.4) is 0 Å². The van der Waals surface area contributed by atoms with Gasteiger partial charge in [0, 0.05) is 19.0 Å². The van der Waals surface area contributed by atoms with Gasteiger partial charge in [-0.15, -0.1) is 0 Å². The number of nitrogens with zero attached hydrogens (tertiary/aromatic N) is 3. The third-order valence-electron chi connectivity index (χ3n) is 3.22. The van der Waals surface area contributed by atoms with Gasteiger partial charge in [0.25, 0.3) is 0 Å². The molecule has 0 amide bonds. The van der Waals surface area contributed by atoms with Crippen molar-refractivity contribution in [3.05, 3.63) is 5.82 Å². The Bertz CT molecular complexity index is 350. The van der Waals surface area contributed by atoms with Gasteiger partial charge in [-0.1, -0.05) is 19.0 Å². The number of anilines is 1. The predicted molar refractivity (Wildman–Crippen MR) is 67.1 cm³/mol. The maximum atomic E-state index is 5.16. The highest BCUT2D eigenvalue weighted by atomic mass is 16.5. The Morgan fingerprint density at radius 1 is 1.53 bits per heavy atom. The molecule has 5 nitrogen and oxygen atoms in total. The zero-order valence-electron chi connectivity index (χ0n) is 10.9. The van der Waals surface area contributed by atoms with Gasteiger partial charge in [0.15, 0.2) is 5.82 Å². The van der Waals surface area contributed by atoms with Crippen LogP contribution >= 0.6 is 0 Å². The monoisotopic (exact) mass is 238 g/mol. The van der Waals surface area contributed by atoms with E-state index < -0.39 is 0 Å². The van der Waals surface area contributed by atoms with E-state index in [-0.39, 0.29) is 0 Å². The summed E-state index contributed by atoms with van der Waals surface area (Å²) >= 11 is 0. The van der Waals surface area contributed by atoms with Crippen LogP contribution in [0.2, 0.25) is 0 Å². The van der Waals surface area contributed by atoms with Crippen molar-refractivity contribution in [2.24, 2.45) is 5.92 Å². The highest BCUT2D eigenvalue weighted by Gasteiger charge is 2.18. The normalized spacial score (nSPS) is 22.0. The zero-order valence-corrected chi connectivity index (χ0v) is 10.9. The molecule has 1 aliphatic heterocycles. The third kappa shape index (κ3) is 3.43. The Balaban J connectivity index is 1.80. The first-order valence-corrected chi connectivity index (χ1v) is 6.41. The number of piperidine rings is 1. The smallest absolute Gasteiger partial charge is 0.321 e. The lowest BCUT2D eigenvalue weighted by atomic mass is 9.99. The van der Waals surface area contributed by atoms with Crippen LogP contribution in [0.5, 0.6) is 0 Å². The summed E-state index contributed by atoms with van der Waals surface area (Å²) in [5.41, 5.74) is 0. The second-order valence-electron chi connectivity index (χ2n) is 5.26. The van der Waals surface area contributed by atoms with Gasteiger partial charge in [0.05, 0.1) is 0 Å². The van der Waals surface area contributed by atoms with E-state index in [2.05, 4.69) is 41.3 Å². The summed E-state index contributed by atoms with van der Waals surface area (Å²) in [4.78, 5) is 6.69. The van der Waals surface area contributed by atoms with Crippen LogP contribution in [0.25, 0.3) is 0 Å². The summed E-state index contributed by atoms with van der Waals surface area (Å²) in [6.07, 6.45) is 2.56. The molecule has 2 heterocycles. The zero-order chi connectivity index (χ0) is 12.3. The summed E-state index contributed by atoms with van der Waals surface area (Å²) < 4.78 is 5.16. The molecule has 1 atom stereocenters. The van der Waals surface area contributed by atoms with Crippen LogP contribution in [0, 0.1) is 5.92 Å². The molecule has 1 fully saturated rings. The summed E-state index contributed by atoms with van der Waals surface area (Å²) in [5, 5.41) is 7.18. The van der Waals surface area contributed by atoms with Crippen LogP contribution in [0.1, 0.15) is 38.4 Å². The average Bonchev–Trinajstić information content (AvgIpc) is 2.75. The van der Waals surface area contributed by atoms with Gasteiger partial charge in [-0.3, -0.25) is 0 Å². The van der Waals surface area contributed by atoms with Gasteiger partial charge in [0.1, 0.15) is 0 Å². The summed E-state index contributed by atoms with van der Waals surface area (Å²) in [6.45, 7) is 7.41. The maximum absolute atomic E-state index is 5.16. The van der Waals surface area contributed by atoms with Crippen molar-refractivity contribution in [2.75, 3.05) is 32.0 Å². The van der Waals surface area contributed by atoms with Gasteiger partial charge < -0.3 is 14.7 Å². The van der Waals surface area contributed by atoms with Crippen LogP contribution in [-0.4, -0.2) is 41.7 Å². The largest absolute Gasteiger partial charge is 0.337 e. The van der Waals surface area contributed by atoms with E-state index in [1.165, 1.54) is 19.4 Å². The summed E-state index contributed by atoms with van der Waals surface area (Å²) in [7, 11) is 2.18. The minimum Gasteiger partial charge on any atom is -0.337 e. The van der Waals surface area contributed by atoms with E-state index in [0.29, 0.717) is 17.9 Å². The molecule has 1 unspecified atom stereocenters. The second kappa shape index (κ2) is 5.49. The molecule has 2 rings (SSSR count). The van der Waals surface area contributed by atoms with Crippen LogP contribution in [0.4, 0.5) is 6.01 Å². The second-order valence-corrected chi connectivity index (χ2v) is 5.26. The SMILES string of the molecule is CC(C)c1noc(NCC2CCCN(C)C2)n1. The topological polar surface area (TPSA) is 54.2 Å². The molecule has 1 aromatic heterocycles. The molecule has 0 saturated carbocycles. The number of aromatic nitrogens is 2. The molecule has 5 heteroatoms. The predicted octanol–water partition coefficient (Wildman–Crippen LogP) is 1.95. The molecule has 1 aliphatic rings. The van der Waals surface area contributed by atoms with Gasteiger partial charge in [-0.05, 0) is 32.4 Å². The van der Waals surface area contributed by atoms with E-state index >= 15 is 0 Å². The van der Waals surface area contributed by atoms with Crippen LogP contribution < -0.4 is 5.32 Å². The number of likely N-dealkylation sites (tertiary alicyclic amines) is 1. The molecule has 0 aliphatic carbocycles. The Morgan fingerprint density at radius 2 is 2.35 bits per heavy atom. The minimum atomic E-state index is 0.315. The van der Waals surface area contributed by atoms with Crippen LogP contribution in [0.15, 0.2) is 4.52 Å². The fourth-order valence-corrected chi connectivity index (χ4v) is 2.21. The third-order valence-corrected chi connectivity index (χ3v) is 3.22. The number of nitrogens with one attached hydrogen (secondary N) is 1. The molecular weight excluding hydrogens is 216 g/mol. The van der Waals surface area contributed by atoms with E-state index in [1.807, 2.05) is 0 Å². The summed E-state index contributed by atoms with van der Waals surface area (Å²) in [5.74, 6) is 1.77. The van der Waals surface area contributed by atoms with Crippen molar-refractivity contribution < 1.29 is 4.52 Å². The van der Waals surface area contributed by atoms with E-state index in [4.69, 9.17) is 4.52 Å². The van der Waals surface area contributed by atoms with E-state index in [1.54, 1.807) is 0 Å². The molecule has 17 heavy (non-hydrogen) atoms. The highest BCUT2D eigenvalue weighted by Crippen LogP contribution is 2.17. The lowest BCUT2D eigenvalue weighted by Gasteiger charge is -2.29. The first-order valence-electron chi connectivity index (χ1n) is 6.41. The van der Waals surface area contributed by atoms with Crippen molar-refractivity contribution in [3.8, 4) is 0 Å². The van der Waals surface area contributed by atoms with Gasteiger partial charge in [0.2, 0.25) is 0 Å². The lowest BCUT2D eigenvalue weighted by Crippen LogP contribution is -2.35. The first kappa shape index (κ1) is 12.4. The molecule has 0 aromatic carbocycles. The van der Waals surface area contributed by atoms with Crippen molar-refractivity contribution in [1.82, 2.24) is 15.0 Å². The first-order chi connectivity index (χ1) is 8.15. The average molecular weight is 238 g/mol. The molecule has 1 N–H and O–H groups in total. The fourth-order valence-electron chi connectivity index (χ4n) is 2.21. The molecule has 0 spiro atoms. The van der Waals surface area contributed by atoms with E-state index in [0.717, 1.165) is 18.9 Å². The van der Waals surface area contributed by atoms with Gasteiger partial charge in [-0.2, -0.15) is 4.98 Å². The quantitative estimate of drug-likeness (QED) is 0.869. The number of hydrogen-bond acceptors (Lipinski definition) is 5. The highest BCUT2D eigenvalue weighted by molar-refractivity contribution is 5.19. The Kier molecular flexibility index (Phi) is 3.99.